The van der Waals surface area contributed by atoms with E-state index in [4.69, 9.17) is 51.6 Å². The predicted molar refractivity (Wildman–Crippen MR) is 351 cm³/mol. The fourth-order valence-corrected chi connectivity index (χ4v) is 14.6. The third-order valence-electron chi connectivity index (χ3n) is 17.0. The molecule has 0 radical (unpaired) electrons. The maximum Gasteiger partial charge on any atom is 0.331 e. The van der Waals surface area contributed by atoms with Gasteiger partial charge in [0.1, 0.15) is 41.7 Å². The molecule has 7 rings (SSSR count). The monoisotopic (exact) mass is 1290 g/mol. The Balaban J connectivity index is 1.32. The number of nitro benzene ring substituents is 1. The van der Waals surface area contributed by atoms with Crippen LogP contribution in [0, 0.1) is 21.4 Å². The molecule has 4 aromatic carbocycles. The van der Waals surface area contributed by atoms with Gasteiger partial charge in [0.05, 0.1) is 63.9 Å². The maximum atomic E-state index is 14.4. The molecular formula is C65H90N9O13PSi2. The van der Waals surface area contributed by atoms with Crippen LogP contribution in [0.1, 0.15) is 111 Å². The summed E-state index contributed by atoms with van der Waals surface area (Å²) in [5, 5.41) is 26.2. The van der Waals surface area contributed by atoms with E-state index in [1.807, 2.05) is 92.0 Å². The van der Waals surface area contributed by atoms with Gasteiger partial charge in [0, 0.05) is 30.6 Å². The lowest BCUT2D eigenvalue weighted by Crippen LogP contribution is -2.55. The summed E-state index contributed by atoms with van der Waals surface area (Å²) in [6, 6.07) is 31.6. The number of esters is 1. The van der Waals surface area contributed by atoms with Crippen molar-refractivity contribution in [1.82, 2.24) is 29.5 Å². The Kier molecular flexibility index (Phi) is 23.7. The molecular weight excluding hydrogens is 1200 g/mol. The number of methoxy groups -OCH3 is 2. The van der Waals surface area contributed by atoms with Crippen LogP contribution in [0.25, 0.3) is 11.2 Å². The van der Waals surface area contributed by atoms with Crippen LogP contribution in [-0.4, -0.2) is 134 Å². The van der Waals surface area contributed by atoms with Crippen molar-refractivity contribution >= 4 is 59.8 Å². The summed E-state index contributed by atoms with van der Waals surface area (Å²) in [6.07, 6.45) is -1.28. The van der Waals surface area contributed by atoms with Crippen LogP contribution in [0.15, 0.2) is 116 Å². The van der Waals surface area contributed by atoms with Crippen molar-refractivity contribution in [3.8, 4) is 17.6 Å². The van der Waals surface area contributed by atoms with E-state index in [0.29, 0.717) is 11.5 Å². The topological polar surface area (TPSA) is 255 Å². The van der Waals surface area contributed by atoms with Gasteiger partial charge >= 0.3 is 12.0 Å². The molecule has 0 saturated carbocycles. The van der Waals surface area contributed by atoms with E-state index in [9.17, 15) is 25.0 Å². The molecule has 486 valence electrons. The van der Waals surface area contributed by atoms with Crippen molar-refractivity contribution in [3.63, 3.8) is 0 Å². The van der Waals surface area contributed by atoms with Crippen molar-refractivity contribution in [3.05, 3.63) is 148 Å². The lowest BCUT2D eigenvalue weighted by molar-refractivity contribution is -0.384. The van der Waals surface area contributed by atoms with E-state index in [1.165, 1.54) is 18.5 Å². The Morgan fingerprint density at radius 2 is 1.37 bits per heavy atom. The number of imidazole rings is 1. The number of carbonyl (C=O) groups is 2. The first kappa shape index (κ1) is 70.7. The zero-order valence-corrected chi connectivity index (χ0v) is 57.9. The van der Waals surface area contributed by atoms with Crippen LogP contribution < -0.4 is 20.1 Å². The Morgan fingerprint density at radius 3 is 1.90 bits per heavy atom. The number of amides is 2. The highest BCUT2D eigenvalue weighted by Gasteiger charge is 2.55. The summed E-state index contributed by atoms with van der Waals surface area (Å²) in [4.78, 5) is 53.4. The first-order valence-corrected chi connectivity index (χ1v) is 37.3. The lowest BCUT2D eigenvalue weighted by atomic mass is 9.80. The molecule has 90 heavy (non-hydrogen) atoms. The van der Waals surface area contributed by atoms with Crippen LogP contribution >= 0.6 is 8.53 Å². The average Bonchev–Trinajstić information content (AvgIpc) is 1.38. The highest BCUT2D eigenvalue weighted by Crippen LogP contribution is 2.53. The number of nitro groups is 1. The fraction of sp³-hybridized carbons (Fsp3) is 0.508. The van der Waals surface area contributed by atoms with Crippen molar-refractivity contribution in [2.24, 2.45) is 0 Å². The Hall–Kier alpha value is -6.76. The molecule has 0 spiro atoms. The Labute approximate surface area is 533 Å². The summed E-state index contributed by atoms with van der Waals surface area (Å²) in [6.45, 7) is 31.1. The number of fused-ring (bicyclic) bond motifs is 1. The normalized spacial score (nSPS) is 17.7. The van der Waals surface area contributed by atoms with Gasteiger partial charge in [-0.25, -0.2) is 29.2 Å². The zero-order chi connectivity index (χ0) is 65.9. The minimum Gasteiger partial charge on any atom is -0.497 e. The number of urea groups is 1. The van der Waals surface area contributed by atoms with Crippen molar-refractivity contribution in [2.75, 3.05) is 39.4 Å². The van der Waals surface area contributed by atoms with Gasteiger partial charge in [-0.1, -0.05) is 108 Å². The van der Waals surface area contributed by atoms with Crippen molar-refractivity contribution in [1.29, 1.82) is 5.26 Å². The second-order valence-electron chi connectivity index (χ2n) is 25.9. The highest BCUT2D eigenvalue weighted by molar-refractivity contribution is 7.44. The first-order valence-electron chi connectivity index (χ1n) is 30.4. The van der Waals surface area contributed by atoms with Gasteiger partial charge in [0.25, 0.3) is 14.2 Å². The number of non-ortho nitro benzene ring substituents is 1. The van der Waals surface area contributed by atoms with E-state index in [2.05, 4.69) is 109 Å². The minimum absolute atomic E-state index is 0.0256. The molecule has 2 N–H and O–H groups in total. The van der Waals surface area contributed by atoms with Crippen LogP contribution in [-0.2, 0) is 48.9 Å². The van der Waals surface area contributed by atoms with Crippen molar-refractivity contribution in [2.45, 2.75) is 180 Å². The number of hydrogen-bond donors (Lipinski definition) is 2. The summed E-state index contributed by atoms with van der Waals surface area (Å²) >= 11 is 0. The number of aromatic nitrogens is 4. The summed E-state index contributed by atoms with van der Waals surface area (Å²) in [5.41, 5.74) is 2.30. The summed E-state index contributed by atoms with van der Waals surface area (Å²) in [5.74, 6) is 0.613. The number of nitrogens with zero attached hydrogens (tertiary/aromatic N) is 7. The number of rotatable bonds is 29. The predicted octanol–water partition coefficient (Wildman–Crippen LogP) is 13.4. The standard InChI is InChI=1S/C65H90N9O13PSi2/c1-43(2)73(44(3)4)88(83-38-21-37-66)85-56-53(40-82-65(47-22-19-18-20-23-47,48-26-32-51(79-12)33-27-48)49-28-34-52(80-13)35-29-49)84-60(57(56)87-90(16,17)64(9,10)11)72-42-69-55-58(67-41-68-59(55)72)71-62(76)70-54(45(5)86-89(14,15)63(6,7)8)61(75)81-39-36-46-24-30-50(31-25-46)74(77)78/h18-20,22-35,41-45,53-54,56-57,60H,21,36,38-40H2,1-17H3,(H2,67,68,70,71,76)/t45-,53-,54+,56-,57-,60-,88?/m1/s1. The summed E-state index contributed by atoms with van der Waals surface area (Å²) < 4.78 is 64.5. The molecule has 2 amide bonds. The number of benzene rings is 4. The number of carbonyl (C=O) groups excluding carboxylic acids is 2. The van der Waals surface area contributed by atoms with Gasteiger partial charge in [-0.3, -0.25) is 20.0 Å². The molecule has 7 atom stereocenters. The highest BCUT2D eigenvalue weighted by atomic mass is 31.2. The number of hydrogen-bond acceptors (Lipinski definition) is 18. The van der Waals surface area contributed by atoms with Crippen LogP contribution in [0.4, 0.5) is 16.3 Å². The molecule has 22 nitrogen and oxygen atoms in total. The maximum absolute atomic E-state index is 14.4. The molecule has 1 unspecified atom stereocenters. The van der Waals surface area contributed by atoms with Gasteiger partial charge in [-0.2, -0.15) is 5.26 Å². The van der Waals surface area contributed by atoms with E-state index < -0.39 is 84.4 Å². The zero-order valence-electron chi connectivity index (χ0n) is 55.0. The molecule has 25 heteroatoms. The Bertz CT molecular complexity index is 3320. The molecule has 1 aliphatic rings. The SMILES string of the molecule is COc1ccc(C(OC[C@H]2O[C@@H](n3cnc4c(NC(=O)N[C@H](C(=O)OCCc5ccc([N+](=O)[O-])cc5)[C@@H](C)O[Si](C)(C)C(C)(C)C)ncnc43)[C@H](O[Si](C)(C)C(C)(C)C)[C@@H]2OP(OCCC#N)N(C(C)C)C(C)C)(c2ccccc2)c2ccc(OC)cc2)cc1. The van der Waals surface area contributed by atoms with Gasteiger partial charge < -0.3 is 46.9 Å². The number of ether oxygens (including phenoxy) is 5. The second-order valence-corrected chi connectivity index (χ2v) is 36.8. The second kappa shape index (κ2) is 30.1. The van der Waals surface area contributed by atoms with E-state index >= 15 is 0 Å². The van der Waals surface area contributed by atoms with Gasteiger partial charge in [0.15, 0.2) is 45.9 Å². The van der Waals surface area contributed by atoms with Gasteiger partial charge in [-0.15, -0.1) is 0 Å². The lowest BCUT2D eigenvalue weighted by Gasteiger charge is -2.42. The molecule has 1 fully saturated rings. The van der Waals surface area contributed by atoms with Crippen molar-refractivity contribution < 1.29 is 56.1 Å². The van der Waals surface area contributed by atoms with Gasteiger partial charge in [-0.05, 0) is 117 Å². The van der Waals surface area contributed by atoms with E-state index in [0.717, 1.165) is 22.3 Å². The third-order valence-corrected chi connectivity index (χ3v) is 28.2. The molecule has 1 aliphatic heterocycles. The largest absolute Gasteiger partial charge is 0.497 e. The van der Waals surface area contributed by atoms with Gasteiger partial charge in [0.2, 0.25) is 0 Å². The number of anilines is 1. The first-order chi connectivity index (χ1) is 42.5. The smallest absolute Gasteiger partial charge is 0.331 e. The van der Waals surface area contributed by atoms with E-state index in [-0.39, 0.29) is 77.5 Å². The molecule has 0 bridgehead atoms. The number of nitriles is 1. The number of nitrogens with one attached hydrogen (secondary N) is 2. The average molecular weight is 1290 g/mol. The quantitative estimate of drug-likeness (QED) is 0.00841. The van der Waals surface area contributed by atoms with Crippen LogP contribution in [0.2, 0.25) is 36.3 Å². The Morgan fingerprint density at radius 1 is 0.789 bits per heavy atom. The minimum atomic E-state index is -2.79. The fourth-order valence-electron chi connectivity index (χ4n) is 10.2. The summed E-state index contributed by atoms with van der Waals surface area (Å²) in [7, 11) is -3.98. The molecule has 3 heterocycles. The molecule has 6 aromatic rings. The third kappa shape index (κ3) is 16.7. The molecule has 0 aliphatic carbocycles. The van der Waals surface area contributed by atoms with Crippen LogP contribution in [0.3, 0.4) is 0 Å². The van der Waals surface area contributed by atoms with Crippen LogP contribution in [0.5, 0.6) is 11.5 Å². The van der Waals surface area contributed by atoms with E-state index in [1.54, 1.807) is 44.2 Å². The molecule has 2 aromatic heterocycles. The molecule has 1 saturated heterocycles.